The van der Waals surface area contributed by atoms with Gasteiger partial charge in [-0.1, -0.05) is 13.0 Å². The van der Waals surface area contributed by atoms with E-state index in [2.05, 4.69) is 0 Å². The lowest BCUT2D eigenvalue weighted by molar-refractivity contribution is 0.405. The first-order chi connectivity index (χ1) is 6.19. The van der Waals surface area contributed by atoms with Crippen LogP contribution in [-0.2, 0) is 0 Å². The van der Waals surface area contributed by atoms with Crippen molar-refractivity contribution in [3.8, 4) is 11.5 Å². The van der Waals surface area contributed by atoms with E-state index in [1.165, 1.54) is 0 Å². The molecule has 4 heteroatoms. The van der Waals surface area contributed by atoms with E-state index in [-0.39, 0.29) is 24.2 Å². The Morgan fingerprint density at radius 2 is 2.14 bits per heavy atom. The molecule has 0 amide bonds. The minimum Gasteiger partial charge on any atom is -0.507 e. The summed E-state index contributed by atoms with van der Waals surface area (Å²) in [6.45, 7) is 1.98. The largest absolute Gasteiger partial charge is 0.507 e. The molecule has 0 heterocycles. The number of nitrogens with two attached hydrogens (primary N) is 1. The molecule has 1 rings (SSSR count). The van der Waals surface area contributed by atoms with Crippen molar-refractivity contribution in [1.29, 1.82) is 0 Å². The number of aromatic hydroxyl groups is 1. The zero-order valence-corrected chi connectivity index (χ0v) is 9.17. The Labute approximate surface area is 90.3 Å². The monoisotopic (exact) mass is 217 g/mol. The quantitative estimate of drug-likeness (QED) is 0.817. The summed E-state index contributed by atoms with van der Waals surface area (Å²) in [5.41, 5.74) is 6.55. The summed E-state index contributed by atoms with van der Waals surface area (Å²) in [5, 5.41) is 9.56. The van der Waals surface area contributed by atoms with Crippen LogP contribution in [0, 0.1) is 0 Å². The number of phenols is 1. The van der Waals surface area contributed by atoms with Crippen LogP contribution in [0.1, 0.15) is 24.9 Å². The van der Waals surface area contributed by atoms with Crippen LogP contribution >= 0.6 is 12.4 Å². The van der Waals surface area contributed by atoms with Gasteiger partial charge in [0.2, 0.25) is 0 Å². The molecule has 0 fully saturated rings. The molecular formula is C10H16ClNO2. The fourth-order valence-corrected chi connectivity index (χ4v) is 1.18. The summed E-state index contributed by atoms with van der Waals surface area (Å²) in [7, 11) is 1.56. The third-order valence-electron chi connectivity index (χ3n) is 2.08. The number of benzene rings is 1. The van der Waals surface area contributed by atoms with Crippen LogP contribution in [0.15, 0.2) is 18.2 Å². The zero-order valence-electron chi connectivity index (χ0n) is 8.36. The highest BCUT2D eigenvalue weighted by Crippen LogP contribution is 2.28. The van der Waals surface area contributed by atoms with E-state index in [4.69, 9.17) is 10.5 Å². The molecule has 0 saturated carbocycles. The van der Waals surface area contributed by atoms with Gasteiger partial charge < -0.3 is 15.6 Å². The molecule has 0 aliphatic carbocycles. The Balaban J connectivity index is 0.00000169. The Hall–Kier alpha value is -0.930. The van der Waals surface area contributed by atoms with Crippen molar-refractivity contribution in [2.75, 3.05) is 7.11 Å². The SMILES string of the molecule is CC[C@@H](N)c1ccc(OC)cc1O.Cl. The van der Waals surface area contributed by atoms with Gasteiger partial charge >= 0.3 is 0 Å². The van der Waals surface area contributed by atoms with Crippen LogP contribution in [0.5, 0.6) is 11.5 Å². The molecule has 0 spiro atoms. The lowest BCUT2D eigenvalue weighted by Crippen LogP contribution is -2.08. The number of hydrogen-bond donors (Lipinski definition) is 2. The van der Waals surface area contributed by atoms with Gasteiger partial charge in [-0.3, -0.25) is 0 Å². The van der Waals surface area contributed by atoms with E-state index in [9.17, 15) is 5.11 Å². The molecule has 80 valence electrons. The average molecular weight is 218 g/mol. The van der Waals surface area contributed by atoms with Crippen molar-refractivity contribution in [2.45, 2.75) is 19.4 Å². The van der Waals surface area contributed by atoms with Crippen LogP contribution in [0.25, 0.3) is 0 Å². The molecule has 0 aliphatic rings. The first kappa shape index (κ1) is 13.1. The zero-order chi connectivity index (χ0) is 9.84. The van der Waals surface area contributed by atoms with Crippen molar-refractivity contribution in [1.82, 2.24) is 0 Å². The van der Waals surface area contributed by atoms with E-state index in [1.807, 2.05) is 6.92 Å². The molecule has 0 saturated heterocycles. The molecule has 0 unspecified atom stereocenters. The third-order valence-corrected chi connectivity index (χ3v) is 2.08. The number of rotatable bonds is 3. The fourth-order valence-electron chi connectivity index (χ4n) is 1.18. The topological polar surface area (TPSA) is 55.5 Å². The second kappa shape index (κ2) is 5.73. The smallest absolute Gasteiger partial charge is 0.124 e. The van der Waals surface area contributed by atoms with Crippen molar-refractivity contribution in [3.63, 3.8) is 0 Å². The van der Waals surface area contributed by atoms with Gasteiger partial charge in [-0.15, -0.1) is 12.4 Å². The number of phenolic OH excluding ortho intramolecular Hbond substituents is 1. The summed E-state index contributed by atoms with van der Waals surface area (Å²) >= 11 is 0. The normalized spacial score (nSPS) is 11.6. The second-order valence-corrected chi connectivity index (χ2v) is 2.94. The van der Waals surface area contributed by atoms with E-state index < -0.39 is 0 Å². The van der Waals surface area contributed by atoms with Crippen molar-refractivity contribution in [2.24, 2.45) is 5.73 Å². The predicted molar refractivity (Wildman–Crippen MR) is 59.1 cm³/mol. The third kappa shape index (κ3) is 2.79. The maximum Gasteiger partial charge on any atom is 0.124 e. The molecular weight excluding hydrogens is 202 g/mol. The van der Waals surface area contributed by atoms with Gasteiger partial charge in [0.25, 0.3) is 0 Å². The number of methoxy groups -OCH3 is 1. The van der Waals surface area contributed by atoms with Gasteiger partial charge in [0, 0.05) is 17.7 Å². The van der Waals surface area contributed by atoms with Gasteiger partial charge in [-0.25, -0.2) is 0 Å². The second-order valence-electron chi connectivity index (χ2n) is 2.94. The highest BCUT2D eigenvalue weighted by Gasteiger charge is 2.09. The Bertz CT molecular complexity index is 291. The molecule has 3 N–H and O–H groups in total. The Morgan fingerprint density at radius 3 is 2.57 bits per heavy atom. The van der Waals surface area contributed by atoms with Crippen LogP contribution in [0.4, 0.5) is 0 Å². The molecule has 14 heavy (non-hydrogen) atoms. The number of halogens is 1. The first-order valence-corrected chi connectivity index (χ1v) is 4.31. The Morgan fingerprint density at radius 1 is 1.50 bits per heavy atom. The maximum atomic E-state index is 9.56. The van der Waals surface area contributed by atoms with E-state index in [1.54, 1.807) is 25.3 Å². The van der Waals surface area contributed by atoms with Crippen molar-refractivity contribution in [3.05, 3.63) is 23.8 Å². The predicted octanol–water partition coefficient (Wildman–Crippen LogP) is 2.23. The molecule has 0 radical (unpaired) electrons. The number of hydrogen-bond acceptors (Lipinski definition) is 3. The summed E-state index contributed by atoms with van der Waals surface area (Å²) in [5.74, 6) is 0.846. The van der Waals surface area contributed by atoms with Crippen LogP contribution in [0.3, 0.4) is 0 Å². The lowest BCUT2D eigenvalue weighted by atomic mass is 10.0. The molecule has 0 aromatic heterocycles. The van der Waals surface area contributed by atoms with E-state index >= 15 is 0 Å². The van der Waals surface area contributed by atoms with Crippen LogP contribution in [-0.4, -0.2) is 12.2 Å². The molecule has 1 aromatic rings. The molecule has 1 aromatic carbocycles. The molecule has 0 bridgehead atoms. The molecule has 3 nitrogen and oxygen atoms in total. The van der Waals surface area contributed by atoms with Crippen LogP contribution < -0.4 is 10.5 Å². The lowest BCUT2D eigenvalue weighted by Gasteiger charge is -2.11. The molecule has 1 atom stereocenters. The number of ether oxygens (including phenoxy) is 1. The van der Waals surface area contributed by atoms with E-state index in [0.717, 1.165) is 12.0 Å². The highest BCUT2D eigenvalue weighted by atomic mass is 35.5. The van der Waals surface area contributed by atoms with Gasteiger partial charge in [0.15, 0.2) is 0 Å². The minimum absolute atomic E-state index is 0. The molecule has 0 aliphatic heterocycles. The van der Waals surface area contributed by atoms with Gasteiger partial charge in [0.1, 0.15) is 11.5 Å². The highest BCUT2D eigenvalue weighted by molar-refractivity contribution is 5.85. The average Bonchev–Trinajstić information content (AvgIpc) is 2.16. The summed E-state index contributed by atoms with van der Waals surface area (Å²) in [6.07, 6.45) is 0.805. The summed E-state index contributed by atoms with van der Waals surface area (Å²) in [6, 6.07) is 5.06. The van der Waals surface area contributed by atoms with Crippen molar-refractivity contribution < 1.29 is 9.84 Å². The van der Waals surface area contributed by atoms with E-state index in [0.29, 0.717) is 5.75 Å². The van der Waals surface area contributed by atoms with Gasteiger partial charge in [-0.05, 0) is 12.5 Å². The first-order valence-electron chi connectivity index (χ1n) is 4.31. The van der Waals surface area contributed by atoms with Gasteiger partial charge in [0.05, 0.1) is 7.11 Å². The summed E-state index contributed by atoms with van der Waals surface area (Å²) in [4.78, 5) is 0. The van der Waals surface area contributed by atoms with Crippen LogP contribution in [0.2, 0.25) is 0 Å². The van der Waals surface area contributed by atoms with Gasteiger partial charge in [-0.2, -0.15) is 0 Å². The summed E-state index contributed by atoms with van der Waals surface area (Å²) < 4.78 is 4.96. The maximum absolute atomic E-state index is 9.56. The Kier molecular flexibility index (Phi) is 5.35. The fraction of sp³-hybridized carbons (Fsp3) is 0.400. The standard InChI is InChI=1S/C10H15NO2.ClH/c1-3-9(11)8-5-4-7(13-2)6-10(8)12;/h4-6,9,12H,3,11H2,1-2H3;1H/t9-;/m1./s1. The van der Waals surface area contributed by atoms with Crippen molar-refractivity contribution >= 4 is 12.4 Å². The minimum atomic E-state index is -0.106.